The molecule has 2 heteroatoms. The van der Waals surface area contributed by atoms with Gasteiger partial charge in [0, 0.05) is 29.0 Å². The van der Waals surface area contributed by atoms with E-state index < -0.39 is 0 Å². The molecule has 1 fully saturated rings. The predicted molar refractivity (Wildman–Crippen MR) is 73.7 cm³/mol. The van der Waals surface area contributed by atoms with Crippen LogP contribution in [-0.4, -0.2) is 22.3 Å². The predicted octanol–water partition coefficient (Wildman–Crippen LogP) is 3.96. The first-order valence-electron chi connectivity index (χ1n) is 6.26. The molecular weight excluding hydrogens is 262 g/mol. The van der Waals surface area contributed by atoms with E-state index >= 15 is 0 Å². The van der Waals surface area contributed by atoms with Crippen LogP contribution in [0.25, 0.3) is 0 Å². The molecule has 1 nitrogen and oxygen atoms in total. The Kier molecular flexibility index (Phi) is 3.48. The molecular formula is C14H22BrN. The topological polar surface area (TPSA) is 3.24 Å². The third-order valence-corrected chi connectivity index (χ3v) is 4.39. The molecule has 0 radical (unpaired) electrons. The van der Waals surface area contributed by atoms with Crippen molar-refractivity contribution in [1.82, 2.24) is 4.90 Å². The molecule has 0 aromatic rings. The van der Waals surface area contributed by atoms with E-state index in [9.17, 15) is 0 Å². The number of hydrogen-bond donors (Lipinski definition) is 0. The van der Waals surface area contributed by atoms with Crippen LogP contribution in [-0.2, 0) is 0 Å². The number of alkyl halides is 1. The van der Waals surface area contributed by atoms with E-state index in [2.05, 4.69) is 59.8 Å². The van der Waals surface area contributed by atoms with Crippen LogP contribution in [0.5, 0.6) is 0 Å². The Morgan fingerprint density at radius 1 is 1.50 bits per heavy atom. The van der Waals surface area contributed by atoms with Crippen molar-refractivity contribution < 1.29 is 0 Å². The lowest BCUT2D eigenvalue weighted by Gasteiger charge is -2.52. The molecule has 1 heterocycles. The maximum Gasteiger partial charge on any atom is 0.0346 e. The summed E-state index contributed by atoms with van der Waals surface area (Å²) in [5.74, 6) is 1.55. The van der Waals surface area contributed by atoms with Gasteiger partial charge in [-0.05, 0) is 38.7 Å². The number of fused-ring (bicyclic) bond motifs is 1. The summed E-state index contributed by atoms with van der Waals surface area (Å²) < 4.78 is 0. The zero-order valence-electron chi connectivity index (χ0n) is 10.5. The second-order valence-electron chi connectivity index (χ2n) is 5.70. The minimum Gasteiger partial charge on any atom is -0.369 e. The Balaban J connectivity index is 2.31. The van der Waals surface area contributed by atoms with Crippen LogP contribution in [0.15, 0.2) is 23.9 Å². The summed E-state index contributed by atoms with van der Waals surface area (Å²) in [6.45, 7) is 8.28. The van der Waals surface area contributed by atoms with Crippen molar-refractivity contribution in [3.8, 4) is 0 Å². The van der Waals surface area contributed by atoms with Crippen LogP contribution in [0.3, 0.4) is 0 Å². The van der Waals surface area contributed by atoms with Gasteiger partial charge in [-0.25, -0.2) is 0 Å². The maximum atomic E-state index is 3.58. The number of rotatable bonds is 2. The van der Waals surface area contributed by atoms with E-state index in [1.807, 2.05) is 0 Å². The van der Waals surface area contributed by atoms with Gasteiger partial charge in [0.05, 0.1) is 0 Å². The second kappa shape index (κ2) is 4.56. The summed E-state index contributed by atoms with van der Waals surface area (Å²) in [7, 11) is 0. The zero-order chi connectivity index (χ0) is 11.8. The fourth-order valence-electron chi connectivity index (χ4n) is 3.36. The largest absolute Gasteiger partial charge is 0.369 e. The second-order valence-corrected chi connectivity index (χ2v) is 6.49. The number of hydrogen-bond acceptors (Lipinski definition) is 1. The molecule has 2 rings (SSSR count). The van der Waals surface area contributed by atoms with Gasteiger partial charge < -0.3 is 4.90 Å². The highest BCUT2D eigenvalue weighted by Crippen LogP contribution is 2.44. The van der Waals surface area contributed by atoms with E-state index in [0.717, 1.165) is 23.7 Å². The molecule has 2 atom stereocenters. The highest BCUT2D eigenvalue weighted by atomic mass is 79.9. The van der Waals surface area contributed by atoms with Crippen molar-refractivity contribution in [2.75, 3.05) is 11.9 Å². The minimum absolute atomic E-state index is 0.306. The van der Waals surface area contributed by atoms with E-state index in [1.54, 1.807) is 5.70 Å². The average Bonchev–Trinajstić information content (AvgIpc) is 2.23. The van der Waals surface area contributed by atoms with Crippen LogP contribution in [0.1, 0.15) is 33.6 Å². The first-order valence-corrected chi connectivity index (χ1v) is 7.39. The summed E-state index contributed by atoms with van der Waals surface area (Å²) in [6, 6.07) is 0. The molecule has 1 saturated heterocycles. The molecule has 2 aliphatic rings. The Morgan fingerprint density at radius 2 is 2.25 bits per heavy atom. The lowest BCUT2D eigenvalue weighted by molar-refractivity contribution is 0.0651. The van der Waals surface area contributed by atoms with Crippen LogP contribution >= 0.6 is 15.9 Å². The van der Waals surface area contributed by atoms with Crippen molar-refractivity contribution in [1.29, 1.82) is 0 Å². The third kappa shape index (κ3) is 2.09. The number of piperidine rings is 1. The summed E-state index contributed by atoms with van der Waals surface area (Å²) in [5.41, 5.74) is 1.87. The van der Waals surface area contributed by atoms with Gasteiger partial charge in [0.25, 0.3) is 0 Å². The van der Waals surface area contributed by atoms with Gasteiger partial charge in [-0.15, -0.1) is 0 Å². The third-order valence-electron chi connectivity index (χ3n) is 4.03. The van der Waals surface area contributed by atoms with Gasteiger partial charge in [-0.3, -0.25) is 0 Å². The molecule has 0 bridgehead atoms. The highest BCUT2D eigenvalue weighted by Gasteiger charge is 2.40. The number of likely N-dealkylation sites (tertiary alicyclic amines) is 1. The van der Waals surface area contributed by atoms with Crippen molar-refractivity contribution in [2.24, 2.45) is 11.8 Å². The SMILES string of the molecule is CC1CC(C)(C)N(CCBr)C2=CC=CCC21. The molecule has 0 aromatic heterocycles. The number of nitrogens with zero attached hydrogens (tertiary/aromatic N) is 1. The van der Waals surface area contributed by atoms with Gasteiger partial charge in [0.15, 0.2) is 0 Å². The van der Waals surface area contributed by atoms with Gasteiger partial charge in [0.1, 0.15) is 0 Å². The number of allylic oxidation sites excluding steroid dienone is 4. The summed E-state index contributed by atoms with van der Waals surface area (Å²) in [5, 5.41) is 1.05. The van der Waals surface area contributed by atoms with Crippen LogP contribution < -0.4 is 0 Å². The van der Waals surface area contributed by atoms with Gasteiger partial charge >= 0.3 is 0 Å². The average molecular weight is 284 g/mol. The molecule has 16 heavy (non-hydrogen) atoms. The Hall–Kier alpha value is -0.240. The monoisotopic (exact) mass is 283 g/mol. The highest BCUT2D eigenvalue weighted by molar-refractivity contribution is 9.09. The minimum atomic E-state index is 0.306. The fourth-order valence-corrected chi connectivity index (χ4v) is 3.71. The standard InChI is InChI=1S/C14H22BrN/c1-11-10-14(2,3)16(9-8-15)13-7-5-4-6-12(11)13/h4-5,7,11-12H,6,8-10H2,1-3H3. The Bertz CT molecular complexity index is 317. The first-order chi connectivity index (χ1) is 7.56. The molecule has 1 aliphatic carbocycles. The summed E-state index contributed by atoms with van der Waals surface area (Å²) >= 11 is 3.58. The van der Waals surface area contributed by atoms with Crippen molar-refractivity contribution >= 4 is 15.9 Å². The molecule has 2 unspecified atom stereocenters. The van der Waals surface area contributed by atoms with Gasteiger partial charge in [0.2, 0.25) is 0 Å². The fraction of sp³-hybridized carbons (Fsp3) is 0.714. The molecule has 0 aromatic carbocycles. The first kappa shape index (κ1) is 12.2. The maximum absolute atomic E-state index is 3.58. The van der Waals surface area contributed by atoms with Crippen LogP contribution in [0, 0.1) is 11.8 Å². The van der Waals surface area contributed by atoms with Crippen molar-refractivity contribution in [3.63, 3.8) is 0 Å². The number of halogens is 1. The van der Waals surface area contributed by atoms with Crippen LogP contribution in [0.2, 0.25) is 0 Å². The van der Waals surface area contributed by atoms with Crippen molar-refractivity contribution in [3.05, 3.63) is 23.9 Å². The molecule has 0 spiro atoms. The van der Waals surface area contributed by atoms with Crippen molar-refractivity contribution in [2.45, 2.75) is 39.2 Å². The molecule has 0 saturated carbocycles. The normalized spacial score (nSPS) is 32.2. The lowest BCUT2D eigenvalue weighted by Crippen LogP contribution is -2.52. The van der Waals surface area contributed by atoms with E-state index in [4.69, 9.17) is 0 Å². The van der Waals surface area contributed by atoms with Gasteiger partial charge in [-0.2, -0.15) is 0 Å². The molecule has 1 aliphatic heterocycles. The van der Waals surface area contributed by atoms with Gasteiger partial charge in [-0.1, -0.05) is 35.0 Å². The summed E-state index contributed by atoms with van der Waals surface area (Å²) in [4.78, 5) is 2.61. The van der Waals surface area contributed by atoms with E-state index in [0.29, 0.717) is 5.54 Å². The molecule has 90 valence electrons. The zero-order valence-corrected chi connectivity index (χ0v) is 12.1. The Morgan fingerprint density at radius 3 is 2.94 bits per heavy atom. The van der Waals surface area contributed by atoms with E-state index in [1.165, 1.54) is 12.8 Å². The molecule has 0 amide bonds. The molecule has 0 N–H and O–H groups in total. The lowest BCUT2D eigenvalue weighted by atomic mass is 9.72. The smallest absolute Gasteiger partial charge is 0.0346 e. The van der Waals surface area contributed by atoms with E-state index in [-0.39, 0.29) is 0 Å². The van der Waals surface area contributed by atoms with Crippen LogP contribution in [0.4, 0.5) is 0 Å². The quantitative estimate of drug-likeness (QED) is 0.694. The summed E-state index contributed by atoms with van der Waals surface area (Å²) in [6.07, 6.45) is 9.39. The Labute approximate surface area is 108 Å².